The van der Waals surface area contributed by atoms with Crippen LogP contribution in [0.3, 0.4) is 0 Å². The zero-order valence-electron chi connectivity index (χ0n) is 24.3. The lowest BCUT2D eigenvalue weighted by molar-refractivity contribution is -0.140. The molecule has 0 spiro atoms. The fraction of sp³-hybridized carbons (Fsp3) is 0.258. The van der Waals surface area contributed by atoms with Crippen LogP contribution in [0.2, 0.25) is 0 Å². The molecule has 0 unspecified atom stereocenters. The molecule has 2 aromatic heterocycles. The number of anilines is 1. The van der Waals surface area contributed by atoms with E-state index in [0.29, 0.717) is 12.0 Å². The van der Waals surface area contributed by atoms with Gasteiger partial charge in [0.25, 0.3) is 0 Å². The molecule has 15 heteroatoms. The second-order valence-corrected chi connectivity index (χ2v) is 12.9. The molecule has 6 rings (SSSR count). The molecule has 9 nitrogen and oxygen atoms in total. The first-order valence-electron chi connectivity index (χ1n) is 14.1. The number of halogens is 5. The van der Waals surface area contributed by atoms with Crippen LogP contribution in [0.1, 0.15) is 16.7 Å². The molecule has 240 valence electrons. The number of fused-ring (bicyclic) bond motifs is 1. The monoisotopic (exact) mass is 658 g/mol. The molecule has 3 aromatic carbocycles. The molecule has 3 heterocycles. The minimum absolute atomic E-state index is 0.0629. The smallest absolute Gasteiger partial charge is 0.419 e. The average Bonchev–Trinajstić information content (AvgIpc) is 3.35. The highest BCUT2D eigenvalue weighted by atomic mass is 32.2. The number of piperazine rings is 1. The lowest BCUT2D eigenvalue weighted by Crippen LogP contribution is -2.56. The van der Waals surface area contributed by atoms with E-state index in [1.165, 1.54) is 22.2 Å². The third-order valence-corrected chi connectivity index (χ3v) is 9.72. The van der Waals surface area contributed by atoms with Gasteiger partial charge in [-0.1, -0.05) is 60.7 Å². The Hall–Kier alpha value is -4.63. The summed E-state index contributed by atoms with van der Waals surface area (Å²) < 4.78 is 99.0. The van der Waals surface area contributed by atoms with Gasteiger partial charge in [-0.3, -0.25) is 0 Å². The van der Waals surface area contributed by atoms with Gasteiger partial charge in [0.2, 0.25) is 16.0 Å². The summed E-state index contributed by atoms with van der Waals surface area (Å²) in [5, 5.41) is 14.0. The summed E-state index contributed by atoms with van der Waals surface area (Å²) in [6.07, 6.45) is -3.48. The van der Waals surface area contributed by atoms with Crippen molar-refractivity contribution in [1.82, 2.24) is 24.1 Å². The highest BCUT2D eigenvalue weighted by Gasteiger charge is 2.39. The number of hydrogen-bond acceptors (Lipinski definition) is 7. The van der Waals surface area contributed by atoms with Crippen LogP contribution in [-0.4, -0.2) is 63.3 Å². The second-order valence-electron chi connectivity index (χ2n) is 11.0. The van der Waals surface area contributed by atoms with Crippen molar-refractivity contribution in [2.24, 2.45) is 7.05 Å². The van der Waals surface area contributed by atoms with Gasteiger partial charge in [0, 0.05) is 44.5 Å². The van der Waals surface area contributed by atoms with Gasteiger partial charge in [-0.2, -0.15) is 27.6 Å². The molecule has 46 heavy (non-hydrogen) atoms. The Kier molecular flexibility index (Phi) is 8.14. The van der Waals surface area contributed by atoms with Gasteiger partial charge in [0.1, 0.15) is 5.69 Å². The van der Waals surface area contributed by atoms with Crippen LogP contribution >= 0.6 is 0 Å². The first kappa shape index (κ1) is 31.4. The molecule has 0 bridgehead atoms. The maximum atomic E-state index is 14.9. The summed E-state index contributed by atoms with van der Waals surface area (Å²) in [5.74, 6) is -5.45. The van der Waals surface area contributed by atoms with Crippen molar-refractivity contribution in [2.45, 2.75) is 24.4 Å². The molecule has 1 atom stereocenters. The third-order valence-electron chi connectivity index (χ3n) is 7.91. The predicted octanol–water partition coefficient (Wildman–Crippen LogP) is 5.30. The second kappa shape index (κ2) is 11.9. The fourth-order valence-corrected chi connectivity index (χ4v) is 7.20. The fourth-order valence-electron chi connectivity index (χ4n) is 5.65. The van der Waals surface area contributed by atoms with Crippen molar-refractivity contribution in [3.63, 3.8) is 0 Å². The van der Waals surface area contributed by atoms with Gasteiger partial charge >= 0.3 is 6.18 Å². The van der Waals surface area contributed by atoms with Crippen LogP contribution in [0, 0.1) is 11.6 Å². The van der Waals surface area contributed by atoms with E-state index in [0.717, 1.165) is 5.56 Å². The van der Waals surface area contributed by atoms with Crippen LogP contribution in [0.4, 0.5) is 27.9 Å². The summed E-state index contributed by atoms with van der Waals surface area (Å²) in [6.45, 7) is 0.526. The predicted molar refractivity (Wildman–Crippen MR) is 160 cm³/mol. The molecule has 1 aliphatic heterocycles. The molecule has 0 saturated carbocycles. The molecule has 1 N–H and O–H groups in total. The van der Waals surface area contributed by atoms with Gasteiger partial charge in [-0.05, 0) is 23.6 Å². The zero-order valence-corrected chi connectivity index (χ0v) is 25.1. The highest BCUT2D eigenvalue weighted by molar-refractivity contribution is 7.88. The van der Waals surface area contributed by atoms with Gasteiger partial charge in [-0.25, -0.2) is 26.9 Å². The van der Waals surface area contributed by atoms with E-state index in [9.17, 15) is 35.5 Å². The molecule has 1 saturated heterocycles. The Balaban J connectivity index is 1.36. The molecule has 1 aliphatic rings. The number of rotatable bonds is 7. The summed E-state index contributed by atoms with van der Waals surface area (Å²) in [6, 6.07) is 18.2. The van der Waals surface area contributed by atoms with E-state index in [-0.39, 0.29) is 54.1 Å². The highest BCUT2D eigenvalue weighted by Crippen LogP contribution is 2.41. The van der Waals surface area contributed by atoms with Gasteiger partial charge in [0.05, 0.1) is 16.7 Å². The lowest BCUT2D eigenvalue weighted by atomic mass is 10.0. The number of phenolic OH excluding ortho intramolecular Hbond substituents is 1. The van der Waals surface area contributed by atoms with Crippen LogP contribution in [-0.2, 0) is 35.4 Å². The molecular formula is C31H27F5N6O3S. The quantitative estimate of drug-likeness (QED) is 0.237. The van der Waals surface area contributed by atoms with E-state index in [1.54, 1.807) is 24.3 Å². The van der Waals surface area contributed by atoms with Crippen molar-refractivity contribution < 1.29 is 35.5 Å². The van der Waals surface area contributed by atoms with Gasteiger partial charge in [-0.15, -0.1) is 0 Å². The van der Waals surface area contributed by atoms with Crippen molar-refractivity contribution in [2.75, 3.05) is 24.5 Å². The van der Waals surface area contributed by atoms with Crippen LogP contribution in [0.5, 0.6) is 5.75 Å². The molecule has 0 aliphatic carbocycles. The summed E-state index contributed by atoms with van der Waals surface area (Å²) in [4.78, 5) is 10.9. The molecular weight excluding hydrogens is 631 g/mol. The number of sulfonamides is 1. The zero-order chi connectivity index (χ0) is 32.8. The number of hydrogen-bond donors (Lipinski definition) is 1. The maximum absolute atomic E-state index is 14.9. The van der Waals surface area contributed by atoms with E-state index in [1.807, 2.05) is 41.3 Å². The number of aromatic nitrogens is 4. The Morgan fingerprint density at radius 2 is 1.61 bits per heavy atom. The standard InChI is InChI=1S/C31H27F5N6O3S/c1-40-29-23(27(39-40)22-15-24(31(34,35)36)26(33)28(43)25(22)32)16-37-30(38-29)42-13-12-41(17-21(42)14-19-8-4-2-5-9-19)46(44,45)18-20-10-6-3-7-11-20/h2-11,15-16,21,43H,12-14,17-18H2,1H3/t21-/m1/s1. The van der Waals surface area contributed by atoms with Crippen LogP contribution in [0.25, 0.3) is 22.3 Å². The van der Waals surface area contributed by atoms with E-state index in [2.05, 4.69) is 15.1 Å². The van der Waals surface area contributed by atoms with E-state index >= 15 is 0 Å². The number of benzene rings is 3. The van der Waals surface area contributed by atoms with Gasteiger partial charge in [0.15, 0.2) is 23.0 Å². The number of phenols is 1. The Morgan fingerprint density at radius 3 is 2.26 bits per heavy atom. The Morgan fingerprint density at radius 1 is 0.957 bits per heavy atom. The largest absolute Gasteiger partial charge is 0.503 e. The van der Waals surface area contributed by atoms with Crippen molar-refractivity contribution in [1.29, 1.82) is 0 Å². The minimum atomic E-state index is -5.21. The first-order chi connectivity index (χ1) is 21.8. The number of aromatic hydroxyl groups is 1. The van der Waals surface area contributed by atoms with Crippen molar-refractivity contribution >= 4 is 27.0 Å². The van der Waals surface area contributed by atoms with Gasteiger partial charge < -0.3 is 10.0 Å². The van der Waals surface area contributed by atoms with Crippen LogP contribution in [0.15, 0.2) is 72.9 Å². The summed E-state index contributed by atoms with van der Waals surface area (Å²) >= 11 is 0. The molecule has 1 fully saturated rings. The maximum Gasteiger partial charge on any atom is 0.419 e. The molecule has 5 aromatic rings. The normalized spacial score (nSPS) is 16.3. The number of alkyl halides is 3. The topological polar surface area (TPSA) is 104 Å². The van der Waals surface area contributed by atoms with Crippen LogP contribution < -0.4 is 4.90 Å². The summed E-state index contributed by atoms with van der Waals surface area (Å²) in [7, 11) is -2.22. The van der Waals surface area contributed by atoms with E-state index in [4.69, 9.17) is 0 Å². The number of nitrogens with zero attached hydrogens (tertiary/aromatic N) is 6. The van der Waals surface area contributed by atoms with Crippen molar-refractivity contribution in [3.05, 3.63) is 101 Å². The van der Waals surface area contributed by atoms with Crippen molar-refractivity contribution in [3.8, 4) is 17.0 Å². The van der Waals surface area contributed by atoms with E-state index < -0.39 is 50.8 Å². The lowest BCUT2D eigenvalue weighted by Gasteiger charge is -2.41. The molecule has 0 radical (unpaired) electrons. The number of aryl methyl sites for hydroxylation is 1. The average molecular weight is 659 g/mol. The Labute approximate surface area is 260 Å². The first-order valence-corrected chi connectivity index (χ1v) is 15.7. The summed E-state index contributed by atoms with van der Waals surface area (Å²) in [5.41, 5.74) is -1.18. The minimum Gasteiger partial charge on any atom is -0.503 e. The Bertz CT molecular complexity index is 2010. The SMILES string of the molecule is Cn1nc(-c2cc(C(F)(F)F)c(F)c(O)c2F)c2cnc(N3CCN(S(=O)(=O)Cc4ccccc4)C[C@H]3Cc3ccccc3)nc21. The third kappa shape index (κ3) is 5.99. The molecule has 0 amide bonds.